The Hall–Kier alpha value is -1.62. The van der Waals surface area contributed by atoms with Gasteiger partial charge in [0.1, 0.15) is 0 Å². The second kappa shape index (κ2) is 6.35. The van der Waals surface area contributed by atoms with Crippen molar-refractivity contribution in [2.45, 2.75) is 32.8 Å². The standard InChI is InChI=1S/C13H21N3O2/c1-4-18-13(2,3)9-16-12(17)7-11-6-5-10(14)8-15-11/h5-6,8H,4,7,9,14H2,1-3H3,(H,16,17). The number of aromatic nitrogens is 1. The van der Waals surface area contributed by atoms with Gasteiger partial charge in [0.15, 0.2) is 0 Å². The van der Waals surface area contributed by atoms with Crippen LogP contribution in [0, 0.1) is 0 Å². The molecule has 0 atom stereocenters. The molecule has 1 aromatic heterocycles. The van der Waals surface area contributed by atoms with Crippen LogP contribution in [0.2, 0.25) is 0 Å². The van der Waals surface area contributed by atoms with Gasteiger partial charge in [0.2, 0.25) is 5.91 Å². The summed E-state index contributed by atoms with van der Waals surface area (Å²) in [6, 6.07) is 3.49. The highest BCUT2D eigenvalue weighted by molar-refractivity contribution is 5.78. The summed E-state index contributed by atoms with van der Waals surface area (Å²) in [5.41, 5.74) is 6.48. The molecule has 1 aromatic rings. The van der Waals surface area contributed by atoms with Crippen molar-refractivity contribution >= 4 is 11.6 Å². The Morgan fingerprint density at radius 1 is 1.50 bits per heavy atom. The van der Waals surface area contributed by atoms with Gasteiger partial charge in [-0.15, -0.1) is 0 Å². The van der Waals surface area contributed by atoms with Gasteiger partial charge in [-0.1, -0.05) is 0 Å². The van der Waals surface area contributed by atoms with E-state index in [9.17, 15) is 4.79 Å². The van der Waals surface area contributed by atoms with Crippen LogP contribution in [0.1, 0.15) is 26.5 Å². The molecule has 100 valence electrons. The molecule has 0 aliphatic carbocycles. The van der Waals surface area contributed by atoms with E-state index in [1.165, 1.54) is 0 Å². The number of nitrogens with zero attached hydrogens (tertiary/aromatic N) is 1. The van der Waals surface area contributed by atoms with Crippen molar-refractivity contribution in [2.24, 2.45) is 0 Å². The van der Waals surface area contributed by atoms with Crippen LogP contribution in [-0.4, -0.2) is 29.6 Å². The number of amides is 1. The first-order chi connectivity index (χ1) is 8.43. The Morgan fingerprint density at radius 2 is 2.22 bits per heavy atom. The summed E-state index contributed by atoms with van der Waals surface area (Å²) in [5.74, 6) is -0.0694. The molecule has 5 nitrogen and oxygen atoms in total. The summed E-state index contributed by atoms with van der Waals surface area (Å²) >= 11 is 0. The second-order valence-corrected chi connectivity index (χ2v) is 4.73. The Kier molecular flexibility index (Phi) is 5.09. The fraction of sp³-hybridized carbons (Fsp3) is 0.538. The molecule has 0 saturated heterocycles. The van der Waals surface area contributed by atoms with Gasteiger partial charge in [-0.2, -0.15) is 0 Å². The van der Waals surface area contributed by atoms with Gasteiger partial charge in [-0.25, -0.2) is 0 Å². The van der Waals surface area contributed by atoms with Crippen LogP contribution < -0.4 is 11.1 Å². The van der Waals surface area contributed by atoms with Crippen LogP contribution in [0.4, 0.5) is 5.69 Å². The van der Waals surface area contributed by atoms with Crippen molar-refractivity contribution in [2.75, 3.05) is 18.9 Å². The number of anilines is 1. The van der Waals surface area contributed by atoms with E-state index >= 15 is 0 Å². The number of rotatable bonds is 6. The zero-order chi connectivity index (χ0) is 13.6. The van der Waals surface area contributed by atoms with Crippen LogP contribution in [0.5, 0.6) is 0 Å². The lowest BCUT2D eigenvalue weighted by Crippen LogP contribution is -2.41. The zero-order valence-corrected chi connectivity index (χ0v) is 11.2. The number of nitrogens with two attached hydrogens (primary N) is 1. The van der Waals surface area contributed by atoms with Crippen molar-refractivity contribution in [1.82, 2.24) is 10.3 Å². The molecular formula is C13H21N3O2. The van der Waals surface area contributed by atoms with Gasteiger partial charge in [-0.05, 0) is 32.9 Å². The Balaban J connectivity index is 2.40. The topological polar surface area (TPSA) is 77.2 Å². The first kappa shape index (κ1) is 14.4. The van der Waals surface area contributed by atoms with Gasteiger partial charge in [0.05, 0.1) is 23.9 Å². The first-order valence-corrected chi connectivity index (χ1v) is 6.04. The smallest absolute Gasteiger partial charge is 0.226 e. The van der Waals surface area contributed by atoms with Gasteiger partial charge < -0.3 is 15.8 Å². The normalized spacial score (nSPS) is 11.3. The molecule has 18 heavy (non-hydrogen) atoms. The summed E-state index contributed by atoms with van der Waals surface area (Å²) in [6.45, 7) is 6.93. The van der Waals surface area contributed by atoms with E-state index in [2.05, 4.69) is 10.3 Å². The maximum absolute atomic E-state index is 11.7. The molecule has 1 rings (SSSR count). The van der Waals surface area contributed by atoms with Gasteiger partial charge in [0, 0.05) is 18.8 Å². The SMILES string of the molecule is CCOC(C)(C)CNC(=O)Cc1ccc(N)cn1. The summed E-state index contributed by atoms with van der Waals surface area (Å²) in [6.07, 6.45) is 1.80. The molecule has 0 aliphatic rings. The summed E-state index contributed by atoms with van der Waals surface area (Å²) < 4.78 is 5.50. The number of nitrogen functional groups attached to an aromatic ring is 1. The predicted molar refractivity (Wildman–Crippen MR) is 71.1 cm³/mol. The lowest BCUT2D eigenvalue weighted by Gasteiger charge is -2.24. The molecule has 0 unspecified atom stereocenters. The van der Waals surface area contributed by atoms with Crippen molar-refractivity contribution in [3.63, 3.8) is 0 Å². The fourth-order valence-electron chi connectivity index (χ4n) is 1.52. The number of nitrogens with one attached hydrogen (secondary N) is 1. The Morgan fingerprint density at radius 3 is 2.78 bits per heavy atom. The zero-order valence-electron chi connectivity index (χ0n) is 11.2. The average Bonchev–Trinajstić information content (AvgIpc) is 2.30. The molecule has 5 heteroatoms. The third-order valence-electron chi connectivity index (χ3n) is 2.44. The second-order valence-electron chi connectivity index (χ2n) is 4.73. The molecule has 0 spiro atoms. The third-order valence-corrected chi connectivity index (χ3v) is 2.44. The monoisotopic (exact) mass is 251 g/mol. The molecule has 0 aliphatic heterocycles. The van der Waals surface area contributed by atoms with E-state index in [1.54, 1.807) is 18.3 Å². The number of hydrogen-bond acceptors (Lipinski definition) is 4. The van der Waals surface area contributed by atoms with E-state index in [-0.39, 0.29) is 17.9 Å². The Bertz CT molecular complexity index is 388. The van der Waals surface area contributed by atoms with E-state index in [0.29, 0.717) is 24.5 Å². The number of hydrogen-bond donors (Lipinski definition) is 2. The molecule has 1 amide bonds. The predicted octanol–water partition coefficient (Wildman–Crippen LogP) is 1.14. The molecule has 3 N–H and O–H groups in total. The van der Waals surface area contributed by atoms with Crippen LogP contribution in [0.3, 0.4) is 0 Å². The van der Waals surface area contributed by atoms with Crippen LogP contribution in [-0.2, 0) is 16.0 Å². The highest BCUT2D eigenvalue weighted by Gasteiger charge is 2.18. The average molecular weight is 251 g/mol. The number of carbonyl (C=O) groups excluding carboxylic acids is 1. The maximum Gasteiger partial charge on any atom is 0.226 e. The third kappa shape index (κ3) is 5.14. The highest BCUT2D eigenvalue weighted by Crippen LogP contribution is 2.07. The highest BCUT2D eigenvalue weighted by atomic mass is 16.5. The van der Waals surface area contributed by atoms with Crippen molar-refractivity contribution in [3.05, 3.63) is 24.0 Å². The van der Waals surface area contributed by atoms with E-state index in [0.717, 1.165) is 0 Å². The van der Waals surface area contributed by atoms with E-state index < -0.39 is 0 Å². The van der Waals surface area contributed by atoms with E-state index in [1.807, 2.05) is 20.8 Å². The van der Waals surface area contributed by atoms with Crippen LogP contribution in [0.25, 0.3) is 0 Å². The first-order valence-electron chi connectivity index (χ1n) is 6.04. The van der Waals surface area contributed by atoms with Crippen molar-refractivity contribution in [1.29, 1.82) is 0 Å². The number of ether oxygens (including phenoxy) is 1. The Labute approximate surface area is 108 Å². The van der Waals surface area contributed by atoms with Crippen LogP contribution in [0.15, 0.2) is 18.3 Å². The van der Waals surface area contributed by atoms with Crippen molar-refractivity contribution in [3.8, 4) is 0 Å². The van der Waals surface area contributed by atoms with Crippen molar-refractivity contribution < 1.29 is 9.53 Å². The molecule has 1 heterocycles. The summed E-state index contributed by atoms with van der Waals surface area (Å²) in [5, 5.41) is 2.84. The molecule has 0 saturated carbocycles. The molecule has 0 aromatic carbocycles. The molecule has 0 fully saturated rings. The maximum atomic E-state index is 11.7. The molecular weight excluding hydrogens is 230 g/mol. The molecule has 0 bridgehead atoms. The van der Waals surface area contributed by atoms with Gasteiger partial charge in [0.25, 0.3) is 0 Å². The lowest BCUT2D eigenvalue weighted by atomic mass is 10.1. The van der Waals surface area contributed by atoms with Gasteiger partial charge in [-0.3, -0.25) is 9.78 Å². The van der Waals surface area contributed by atoms with E-state index in [4.69, 9.17) is 10.5 Å². The quantitative estimate of drug-likeness (QED) is 0.794. The lowest BCUT2D eigenvalue weighted by molar-refractivity contribution is -0.122. The van der Waals surface area contributed by atoms with Gasteiger partial charge >= 0.3 is 0 Å². The number of carbonyl (C=O) groups is 1. The largest absolute Gasteiger partial charge is 0.397 e. The molecule has 0 radical (unpaired) electrons. The summed E-state index contributed by atoms with van der Waals surface area (Å²) in [4.78, 5) is 15.8. The number of pyridine rings is 1. The minimum atomic E-state index is -0.348. The summed E-state index contributed by atoms with van der Waals surface area (Å²) in [7, 11) is 0. The minimum absolute atomic E-state index is 0.0694. The fourth-order valence-corrected chi connectivity index (χ4v) is 1.52. The van der Waals surface area contributed by atoms with Crippen LogP contribution >= 0.6 is 0 Å². The minimum Gasteiger partial charge on any atom is -0.397 e.